The Morgan fingerprint density at radius 1 is 1.05 bits per heavy atom. The number of sulfonamides is 1. The molecule has 4 N–H and O–H groups in total. The van der Waals surface area contributed by atoms with Gasteiger partial charge >= 0.3 is 0 Å². The van der Waals surface area contributed by atoms with Crippen molar-refractivity contribution in [3.63, 3.8) is 0 Å². The van der Waals surface area contributed by atoms with Crippen molar-refractivity contribution in [2.24, 2.45) is 5.84 Å². The van der Waals surface area contributed by atoms with Gasteiger partial charge in [0.25, 0.3) is 10.0 Å². The summed E-state index contributed by atoms with van der Waals surface area (Å²) in [4.78, 5) is 6.97. The third-order valence-electron chi connectivity index (χ3n) is 2.18. The van der Waals surface area contributed by atoms with Gasteiger partial charge in [0, 0.05) is 6.07 Å². The second-order valence-corrected chi connectivity index (χ2v) is 5.33. The first-order chi connectivity index (χ1) is 9.40. The molecule has 0 saturated carbocycles. The summed E-state index contributed by atoms with van der Waals surface area (Å²) in [7, 11) is -4.05. The first kappa shape index (κ1) is 14.1. The largest absolute Gasteiger partial charge is 0.292 e. The highest BCUT2D eigenvalue weighted by Crippen LogP contribution is 2.17. The number of anilines is 2. The lowest BCUT2D eigenvalue weighted by Crippen LogP contribution is -2.15. The van der Waals surface area contributed by atoms with Crippen LogP contribution in [0.3, 0.4) is 0 Å². The molecule has 0 fully saturated rings. The second-order valence-electron chi connectivity index (χ2n) is 3.65. The fourth-order valence-electron chi connectivity index (χ4n) is 1.36. The van der Waals surface area contributed by atoms with E-state index in [2.05, 4.69) is 15.4 Å². The van der Waals surface area contributed by atoms with Gasteiger partial charge in [0.2, 0.25) is 5.95 Å². The van der Waals surface area contributed by atoms with Gasteiger partial charge in [-0.15, -0.1) is 0 Å². The topological polar surface area (TPSA) is 110 Å². The minimum absolute atomic E-state index is 0.0285. The molecule has 7 nitrogen and oxygen atoms in total. The summed E-state index contributed by atoms with van der Waals surface area (Å²) in [5.74, 6) is 3.27. The molecule has 0 unspecified atom stereocenters. The Kier molecular flexibility index (Phi) is 3.77. The lowest BCUT2D eigenvalue weighted by atomic mass is 10.3. The van der Waals surface area contributed by atoms with Crippen molar-refractivity contribution in [1.29, 1.82) is 0 Å². The van der Waals surface area contributed by atoms with E-state index in [-0.39, 0.29) is 16.5 Å². The summed E-state index contributed by atoms with van der Waals surface area (Å²) in [5, 5.41) is 0. The predicted octanol–water partition coefficient (Wildman–Crippen LogP) is 0.841. The summed E-state index contributed by atoms with van der Waals surface area (Å²) in [6, 6.07) is 2.32. The van der Waals surface area contributed by atoms with Gasteiger partial charge in [-0.25, -0.2) is 33.0 Å². The van der Waals surface area contributed by atoms with Gasteiger partial charge in [0.15, 0.2) is 0 Å². The van der Waals surface area contributed by atoms with Crippen LogP contribution in [0.1, 0.15) is 0 Å². The van der Waals surface area contributed by atoms with E-state index < -0.39 is 21.7 Å². The Labute approximate surface area is 112 Å². The third kappa shape index (κ3) is 3.16. The molecular formula is C10H9F2N5O2S. The molecule has 0 atom stereocenters. The number of nitrogen functional groups attached to an aromatic ring is 1. The summed E-state index contributed by atoms with van der Waals surface area (Å²) < 4.78 is 51.9. The van der Waals surface area contributed by atoms with E-state index in [1.807, 2.05) is 4.72 Å². The Morgan fingerprint density at radius 2 is 1.60 bits per heavy atom. The molecule has 1 aromatic carbocycles. The van der Waals surface area contributed by atoms with Gasteiger partial charge < -0.3 is 0 Å². The van der Waals surface area contributed by atoms with E-state index in [0.717, 1.165) is 24.5 Å². The second kappa shape index (κ2) is 5.35. The van der Waals surface area contributed by atoms with Crippen LogP contribution in [-0.2, 0) is 10.0 Å². The summed E-state index contributed by atoms with van der Waals surface area (Å²) in [6.45, 7) is 0. The number of aromatic nitrogens is 2. The van der Waals surface area contributed by atoms with Gasteiger partial charge in [-0.05, 0) is 12.1 Å². The lowest BCUT2D eigenvalue weighted by Gasteiger charge is -2.08. The molecule has 0 amide bonds. The SMILES string of the molecule is NNc1ncc(S(=O)(=O)Nc2cc(F)cc(F)c2)cn1. The molecular weight excluding hydrogens is 292 g/mol. The van der Waals surface area contributed by atoms with E-state index in [1.165, 1.54) is 0 Å². The molecule has 0 aliphatic heterocycles. The zero-order valence-corrected chi connectivity index (χ0v) is 10.7. The van der Waals surface area contributed by atoms with E-state index in [9.17, 15) is 17.2 Å². The van der Waals surface area contributed by atoms with Crippen molar-refractivity contribution < 1.29 is 17.2 Å². The van der Waals surface area contributed by atoms with Gasteiger partial charge in [-0.1, -0.05) is 0 Å². The molecule has 0 aliphatic rings. The number of nitrogens with zero attached hydrogens (tertiary/aromatic N) is 2. The van der Waals surface area contributed by atoms with Crippen LogP contribution in [0.15, 0.2) is 35.5 Å². The fourth-order valence-corrected chi connectivity index (χ4v) is 2.29. The quantitative estimate of drug-likeness (QED) is 0.570. The molecule has 1 aromatic heterocycles. The Bertz CT molecular complexity index is 701. The maximum atomic E-state index is 13.0. The van der Waals surface area contributed by atoms with Crippen LogP contribution in [0, 0.1) is 11.6 Å². The molecule has 0 bridgehead atoms. The van der Waals surface area contributed by atoms with Gasteiger partial charge in [0.1, 0.15) is 16.5 Å². The van der Waals surface area contributed by atoms with Crippen molar-refractivity contribution in [3.8, 4) is 0 Å². The molecule has 0 aliphatic carbocycles. The normalized spacial score (nSPS) is 11.2. The highest BCUT2D eigenvalue weighted by atomic mass is 32.2. The minimum Gasteiger partial charge on any atom is -0.292 e. The summed E-state index contributed by atoms with van der Waals surface area (Å²) in [5.41, 5.74) is 1.89. The smallest absolute Gasteiger partial charge is 0.264 e. The van der Waals surface area contributed by atoms with Crippen LogP contribution < -0.4 is 16.0 Å². The van der Waals surface area contributed by atoms with Gasteiger partial charge in [-0.3, -0.25) is 10.1 Å². The number of nitrogens with two attached hydrogens (primary N) is 1. The third-order valence-corrected chi connectivity index (χ3v) is 3.52. The van der Waals surface area contributed by atoms with Gasteiger partial charge in [0.05, 0.1) is 18.1 Å². The first-order valence-electron chi connectivity index (χ1n) is 5.18. The van der Waals surface area contributed by atoms with Crippen molar-refractivity contribution in [3.05, 3.63) is 42.2 Å². The predicted molar refractivity (Wildman–Crippen MR) is 67.0 cm³/mol. The van der Waals surface area contributed by atoms with Crippen LogP contribution in [0.4, 0.5) is 20.4 Å². The number of nitrogens with one attached hydrogen (secondary N) is 2. The van der Waals surface area contributed by atoms with Crippen LogP contribution in [0.2, 0.25) is 0 Å². The van der Waals surface area contributed by atoms with Gasteiger partial charge in [-0.2, -0.15) is 0 Å². The van der Waals surface area contributed by atoms with Crippen molar-refractivity contribution >= 4 is 21.7 Å². The lowest BCUT2D eigenvalue weighted by molar-refractivity contribution is 0.584. The van der Waals surface area contributed by atoms with Crippen LogP contribution in [-0.4, -0.2) is 18.4 Å². The zero-order chi connectivity index (χ0) is 14.8. The fraction of sp³-hybridized carbons (Fsp3) is 0. The molecule has 0 saturated heterocycles. The van der Waals surface area contributed by atoms with Crippen molar-refractivity contribution in [2.45, 2.75) is 4.90 Å². The van der Waals surface area contributed by atoms with E-state index in [0.29, 0.717) is 6.07 Å². The van der Waals surface area contributed by atoms with Crippen LogP contribution >= 0.6 is 0 Å². The molecule has 10 heteroatoms. The van der Waals surface area contributed by atoms with Crippen LogP contribution in [0.25, 0.3) is 0 Å². The van der Waals surface area contributed by atoms with Crippen LogP contribution in [0.5, 0.6) is 0 Å². The summed E-state index contributed by atoms with van der Waals surface area (Å²) in [6.07, 6.45) is 2.00. The molecule has 1 heterocycles. The molecule has 106 valence electrons. The number of hydrogen-bond donors (Lipinski definition) is 3. The minimum atomic E-state index is -4.05. The number of benzene rings is 1. The number of hydrogen-bond acceptors (Lipinski definition) is 6. The summed E-state index contributed by atoms with van der Waals surface area (Å²) >= 11 is 0. The molecule has 20 heavy (non-hydrogen) atoms. The zero-order valence-electron chi connectivity index (χ0n) is 9.84. The maximum absolute atomic E-state index is 13.0. The maximum Gasteiger partial charge on any atom is 0.264 e. The monoisotopic (exact) mass is 301 g/mol. The molecule has 0 spiro atoms. The highest BCUT2D eigenvalue weighted by Gasteiger charge is 2.16. The highest BCUT2D eigenvalue weighted by molar-refractivity contribution is 7.92. The molecule has 2 aromatic rings. The Hall–Kier alpha value is -2.33. The van der Waals surface area contributed by atoms with E-state index in [4.69, 9.17) is 5.84 Å². The standard InChI is InChI=1S/C10H9F2N5O2S/c11-6-1-7(12)3-8(2-6)17-20(18,19)9-4-14-10(16-13)15-5-9/h1-5,17H,13H2,(H,14,15,16). The average molecular weight is 301 g/mol. The molecule has 0 radical (unpaired) electrons. The molecule has 2 rings (SSSR count). The Morgan fingerprint density at radius 3 is 2.10 bits per heavy atom. The Balaban J connectivity index is 2.30. The van der Waals surface area contributed by atoms with E-state index >= 15 is 0 Å². The number of rotatable bonds is 4. The average Bonchev–Trinajstić information content (AvgIpc) is 2.37. The number of halogens is 2. The van der Waals surface area contributed by atoms with Crippen molar-refractivity contribution in [1.82, 2.24) is 9.97 Å². The first-order valence-corrected chi connectivity index (χ1v) is 6.66. The van der Waals surface area contributed by atoms with Crippen molar-refractivity contribution in [2.75, 3.05) is 10.1 Å². The van der Waals surface area contributed by atoms with E-state index in [1.54, 1.807) is 0 Å². The number of hydrazine groups is 1.